The van der Waals surface area contributed by atoms with Crippen LogP contribution in [0.4, 0.5) is 10.5 Å². The third-order valence-electron chi connectivity index (χ3n) is 7.19. The van der Waals surface area contributed by atoms with Crippen LogP contribution in [-0.2, 0) is 11.3 Å². The summed E-state index contributed by atoms with van der Waals surface area (Å²) in [5.74, 6) is -0.474. The second-order valence-electron chi connectivity index (χ2n) is 9.45. The molecule has 0 spiro atoms. The van der Waals surface area contributed by atoms with Gasteiger partial charge in [-0.3, -0.25) is 9.59 Å². The van der Waals surface area contributed by atoms with Crippen molar-refractivity contribution in [3.63, 3.8) is 0 Å². The first-order valence-corrected chi connectivity index (χ1v) is 12.2. The summed E-state index contributed by atoms with van der Waals surface area (Å²) in [6.07, 6.45) is 5.96. The zero-order chi connectivity index (χ0) is 23.7. The van der Waals surface area contributed by atoms with E-state index in [9.17, 15) is 14.4 Å². The Hall–Kier alpha value is -3.39. The molecular weight excluding hydrogens is 430 g/mol. The van der Waals surface area contributed by atoms with Crippen LogP contribution in [0.3, 0.4) is 0 Å². The summed E-state index contributed by atoms with van der Waals surface area (Å²) in [5, 5.41) is 8.92. The first-order valence-electron chi connectivity index (χ1n) is 12.2. The lowest BCUT2D eigenvalue weighted by Gasteiger charge is -2.27. The van der Waals surface area contributed by atoms with E-state index < -0.39 is 12.1 Å². The second kappa shape index (κ2) is 9.46. The van der Waals surface area contributed by atoms with E-state index >= 15 is 0 Å². The zero-order valence-corrected chi connectivity index (χ0v) is 19.2. The Morgan fingerprint density at radius 2 is 1.79 bits per heavy atom. The SMILES string of the molecule is NCc1cccc(-c2ccc3c(c2)C(=O)N2CCC(NC(=O)NC4CCCCC4)C2C(=O)N3)c1. The van der Waals surface area contributed by atoms with Crippen LogP contribution < -0.4 is 21.7 Å². The minimum atomic E-state index is -0.735. The van der Waals surface area contributed by atoms with Crippen molar-refractivity contribution < 1.29 is 14.4 Å². The molecular formula is C26H31N5O3. The minimum absolute atomic E-state index is 0.177. The summed E-state index contributed by atoms with van der Waals surface area (Å²) in [7, 11) is 0. The molecule has 2 aromatic carbocycles. The van der Waals surface area contributed by atoms with Gasteiger partial charge in [0.1, 0.15) is 6.04 Å². The van der Waals surface area contributed by atoms with Crippen LogP contribution >= 0.6 is 0 Å². The number of carbonyl (C=O) groups is 3. The summed E-state index contributed by atoms with van der Waals surface area (Å²) < 4.78 is 0. The quantitative estimate of drug-likeness (QED) is 0.560. The normalized spacial score (nSPS) is 22.4. The van der Waals surface area contributed by atoms with E-state index in [4.69, 9.17) is 5.73 Å². The summed E-state index contributed by atoms with van der Waals surface area (Å²) in [5.41, 5.74) is 9.59. The molecule has 8 nitrogen and oxygen atoms in total. The van der Waals surface area contributed by atoms with Gasteiger partial charge in [0.25, 0.3) is 5.91 Å². The van der Waals surface area contributed by atoms with Crippen LogP contribution in [-0.4, -0.2) is 47.4 Å². The van der Waals surface area contributed by atoms with E-state index in [2.05, 4.69) is 16.0 Å². The summed E-state index contributed by atoms with van der Waals surface area (Å²) >= 11 is 0. The van der Waals surface area contributed by atoms with Gasteiger partial charge in [-0.25, -0.2) is 4.79 Å². The Bertz CT molecular complexity index is 1110. The average Bonchev–Trinajstić information content (AvgIpc) is 3.23. The number of nitrogens with one attached hydrogen (secondary N) is 3. The van der Waals surface area contributed by atoms with Crippen LogP contribution in [0.15, 0.2) is 42.5 Å². The Labute approximate surface area is 199 Å². The van der Waals surface area contributed by atoms with Gasteiger partial charge in [0.05, 0.1) is 17.3 Å². The predicted molar refractivity (Wildman–Crippen MR) is 130 cm³/mol. The Morgan fingerprint density at radius 3 is 2.59 bits per heavy atom. The number of amides is 4. The molecule has 2 heterocycles. The number of hydrogen-bond acceptors (Lipinski definition) is 4. The lowest BCUT2D eigenvalue weighted by atomic mass is 9.96. The number of carbonyl (C=O) groups excluding carboxylic acids is 3. The average molecular weight is 462 g/mol. The van der Waals surface area contributed by atoms with E-state index in [1.807, 2.05) is 36.4 Å². The number of hydrogen-bond donors (Lipinski definition) is 4. The van der Waals surface area contributed by atoms with Gasteiger partial charge in [-0.2, -0.15) is 0 Å². The van der Waals surface area contributed by atoms with Crippen LogP contribution in [0.1, 0.15) is 54.4 Å². The highest BCUT2D eigenvalue weighted by molar-refractivity contribution is 6.11. The topological polar surface area (TPSA) is 117 Å². The van der Waals surface area contributed by atoms with E-state index in [0.29, 0.717) is 30.8 Å². The number of nitrogens with zero attached hydrogens (tertiary/aromatic N) is 1. The third-order valence-corrected chi connectivity index (χ3v) is 7.19. The van der Waals surface area contributed by atoms with Gasteiger partial charge in [-0.15, -0.1) is 0 Å². The maximum Gasteiger partial charge on any atom is 0.315 e. The van der Waals surface area contributed by atoms with Gasteiger partial charge in [0, 0.05) is 19.1 Å². The summed E-state index contributed by atoms with van der Waals surface area (Å²) in [4.78, 5) is 40.8. The molecule has 2 aromatic rings. The van der Waals surface area contributed by atoms with Crippen molar-refractivity contribution in [1.29, 1.82) is 0 Å². The minimum Gasteiger partial charge on any atom is -0.335 e. The molecule has 0 bridgehead atoms. The molecule has 5 rings (SSSR count). The number of fused-ring (bicyclic) bond motifs is 2. The molecule has 0 radical (unpaired) electrons. The van der Waals surface area contributed by atoms with Crippen molar-refractivity contribution >= 4 is 23.5 Å². The van der Waals surface area contributed by atoms with Gasteiger partial charge in [0.15, 0.2) is 0 Å². The summed E-state index contributed by atoms with van der Waals surface area (Å²) in [6, 6.07) is 12.1. The number of nitrogens with two attached hydrogens (primary N) is 1. The molecule has 2 fully saturated rings. The molecule has 0 aromatic heterocycles. The smallest absolute Gasteiger partial charge is 0.315 e. The number of rotatable bonds is 4. The monoisotopic (exact) mass is 461 g/mol. The molecule has 3 aliphatic rings. The first kappa shape index (κ1) is 22.4. The number of urea groups is 1. The zero-order valence-electron chi connectivity index (χ0n) is 19.2. The molecule has 4 amide bonds. The van der Waals surface area contributed by atoms with E-state index in [0.717, 1.165) is 42.4 Å². The van der Waals surface area contributed by atoms with Crippen LogP contribution in [0.25, 0.3) is 11.1 Å². The van der Waals surface area contributed by atoms with Crippen molar-refractivity contribution in [2.24, 2.45) is 5.73 Å². The van der Waals surface area contributed by atoms with Crippen molar-refractivity contribution in [2.45, 2.75) is 63.2 Å². The fourth-order valence-electron chi connectivity index (χ4n) is 5.39. The van der Waals surface area contributed by atoms with Gasteiger partial charge in [-0.05, 0) is 54.2 Å². The molecule has 178 valence electrons. The van der Waals surface area contributed by atoms with Gasteiger partial charge in [-0.1, -0.05) is 43.5 Å². The molecule has 2 aliphatic heterocycles. The van der Waals surface area contributed by atoms with Gasteiger partial charge < -0.3 is 26.6 Å². The first-order chi connectivity index (χ1) is 16.5. The Balaban J connectivity index is 1.35. The molecule has 1 saturated carbocycles. The van der Waals surface area contributed by atoms with E-state index in [1.165, 1.54) is 6.42 Å². The predicted octanol–water partition coefficient (Wildman–Crippen LogP) is 2.98. The molecule has 1 saturated heterocycles. The Morgan fingerprint density at radius 1 is 1.00 bits per heavy atom. The molecule has 2 atom stereocenters. The fourth-order valence-corrected chi connectivity index (χ4v) is 5.39. The lowest BCUT2D eigenvalue weighted by molar-refractivity contribution is -0.120. The highest BCUT2D eigenvalue weighted by atomic mass is 16.2. The maximum atomic E-state index is 13.5. The van der Waals surface area contributed by atoms with Crippen molar-refractivity contribution in [1.82, 2.24) is 15.5 Å². The Kier molecular flexibility index (Phi) is 6.24. The molecule has 8 heteroatoms. The highest BCUT2D eigenvalue weighted by Gasteiger charge is 2.45. The van der Waals surface area contributed by atoms with Crippen molar-refractivity contribution in [3.8, 4) is 11.1 Å². The fraction of sp³-hybridized carbons (Fsp3) is 0.423. The molecule has 5 N–H and O–H groups in total. The number of anilines is 1. The van der Waals surface area contributed by atoms with Crippen LogP contribution in [0, 0.1) is 0 Å². The second-order valence-corrected chi connectivity index (χ2v) is 9.45. The van der Waals surface area contributed by atoms with Crippen LogP contribution in [0.5, 0.6) is 0 Å². The number of benzene rings is 2. The van der Waals surface area contributed by atoms with E-state index in [1.54, 1.807) is 11.0 Å². The lowest BCUT2D eigenvalue weighted by Crippen LogP contribution is -2.54. The van der Waals surface area contributed by atoms with Crippen molar-refractivity contribution in [3.05, 3.63) is 53.6 Å². The molecule has 34 heavy (non-hydrogen) atoms. The molecule has 1 aliphatic carbocycles. The van der Waals surface area contributed by atoms with Gasteiger partial charge >= 0.3 is 6.03 Å². The van der Waals surface area contributed by atoms with E-state index in [-0.39, 0.29) is 23.9 Å². The van der Waals surface area contributed by atoms with Gasteiger partial charge in [0.2, 0.25) is 5.91 Å². The largest absolute Gasteiger partial charge is 0.335 e. The third kappa shape index (κ3) is 4.37. The summed E-state index contributed by atoms with van der Waals surface area (Å²) in [6.45, 7) is 0.851. The van der Waals surface area contributed by atoms with Crippen molar-refractivity contribution in [2.75, 3.05) is 11.9 Å². The molecule has 2 unspecified atom stereocenters. The van der Waals surface area contributed by atoms with Crippen LogP contribution in [0.2, 0.25) is 0 Å². The maximum absolute atomic E-state index is 13.5. The highest BCUT2D eigenvalue weighted by Crippen LogP contribution is 2.32. The standard InChI is InChI=1S/C26H31N5O3/c27-15-16-5-4-6-17(13-16)18-9-10-21-20(14-18)25(33)31-12-11-22(23(31)24(32)29-21)30-26(34)28-19-7-2-1-3-8-19/h4-6,9-10,13-14,19,22-23H,1-3,7-8,11-12,15,27H2,(H,29,32)(H2,28,30,34).